The molecule has 100 valence electrons. The smallest absolute Gasteiger partial charge is 0.237 e. The van der Waals surface area contributed by atoms with Crippen LogP contribution < -0.4 is 10.5 Å². The van der Waals surface area contributed by atoms with Gasteiger partial charge in [-0.1, -0.05) is 26.2 Å². The standard InChI is InChI=1S/C14H23N3O/c1-3-11-5-4-7-14(15,8-6-11)12-13(18-2)17-10-9-16-12/h9-11H,3-8,15H2,1-2H3. The van der Waals surface area contributed by atoms with Crippen molar-refractivity contribution in [3.05, 3.63) is 18.1 Å². The number of hydrogen-bond acceptors (Lipinski definition) is 4. The van der Waals surface area contributed by atoms with E-state index in [1.165, 1.54) is 19.3 Å². The molecule has 1 fully saturated rings. The van der Waals surface area contributed by atoms with Crippen LogP contribution in [-0.4, -0.2) is 17.1 Å². The van der Waals surface area contributed by atoms with E-state index in [0.717, 1.165) is 30.9 Å². The molecule has 0 spiro atoms. The average Bonchev–Trinajstić information content (AvgIpc) is 2.61. The monoisotopic (exact) mass is 249 g/mol. The SMILES string of the molecule is CCC1CCCC(N)(c2nccnc2OC)CC1. The van der Waals surface area contributed by atoms with E-state index in [0.29, 0.717) is 5.88 Å². The molecule has 0 bridgehead atoms. The second kappa shape index (κ2) is 5.65. The Morgan fingerprint density at radius 1 is 1.33 bits per heavy atom. The van der Waals surface area contributed by atoms with Crippen LogP contribution in [0.3, 0.4) is 0 Å². The fourth-order valence-corrected chi connectivity index (χ4v) is 2.90. The largest absolute Gasteiger partial charge is 0.480 e. The second-order valence-electron chi connectivity index (χ2n) is 5.28. The lowest BCUT2D eigenvalue weighted by molar-refractivity contribution is 0.324. The minimum Gasteiger partial charge on any atom is -0.480 e. The van der Waals surface area contributed by atoms with E-state index >= 15 is 0 Å². The number of hydrogen-bond donors (Lipinski definition) is 1. The molecule has 0 aromatic carbocycles. The molecule has 1 aliphatic carbocycles. The first kappa shape index (κ1) is 13.3. The topological polar surface area (TPSA) is 61.0 Å². The molecule has 2 atom stereocenters. The Kier molecular flexibility index (Phi) is 4.17. The summed E-state index contributed by atoms with van der Waals surface area (Å²) in [4.78, 5) is 8.65. The molecule has 0 saturated heterocycles. The highest BCUT2D eigenvalue weighted by Crippen LogP contribution is 2.38. The van der Waals surface area contributed by atoms with Crippen LogP contribution in [0.25, 0.3) is 0 Å². The molecule has 4 heteroatoms. The molecule has 2 N–H and O–H groups in total. The third-order valence-electron chi connectivity index (χ3n) is 4.14. The van der Waals surface area contributed by atoms with Crippen molar-refractivity contribution in [2.45, 2.75) is 51.0 Å². The molecule has 1 heterocycles. The van der Waals surface area contributed by atoms with Gasteiger partial charge in [0.1, 0.15) is 5.69 Å². The molecule has 2 unspecified atom stereocenters. The fourth-order valence-electron chi connectivity index (χ4n) is 2.90. The summed E-state index contributed by atoms with van der Waals surface area (Å²) in [6, 6.07) is 0. The fraction of sp³-hybridized carbons (Fsp3) is 0.714. The molecule has 1 aromatic heterocycles. The lowest BCUT2D eigenvalue weighted by atomic mass is 9.87. The highest BCUT2D eigenvalue weighted by Gasteiger charge is 2.34. The number of rotatable bonds is 3. The van der Waals surface area contributed by atoms with Gasteiger partial charge in [0, 0.05) is 12.4 Å². The van der Waals surface area contributed by atoms with Crippen LogP contribution in [-0.2, 0) is 5.54 Å². The summed E-state index contributed by atoms with van der Waals surface area (Å²) >= 11 is 0. The van der Waals surface area contributed by atoms with Gasteiger partial charge in [-0.25, -0.2) is 4.98 Å². The van der Waals surface area contributed by atoms with Crippen LogP contribution in [0.1, 0.15) is 51.1 Å². The Morgan fingerprint density at radius 2 is 2.11 bits per heavy atom. The van der Waals surface area contributed by atoms with E-state index in [2.05, 4.69) is 16.9 Å². The van der Waals surface area contributed by atoms with E-state index in [4.69, 9.17) is 10.5 Å². The molecule has 0 amide bonds. The third kappa shape index (κ3) is 2.64. The van der Waals surface area contributed by atoms with E-state index < -0.39 is 0 Å². The van der Waals surface area contributed by atoms with Gasteiger partial charge in [0.25, 0.3) is 0 Å². The van der Waals surface area contributed by atoms with Gasteiger partial charge in [0.15, 0.2) is 0 Å². The summed E-state index contributed by atoms with van der Waals surface area (Å²) in [5.74, 6) is 1.38. The van der Waals surface area contributed by atoms with E-state index in [-0.39, 0.29) is 5.54 Å². The molecule has 4 nitrogen and oxygen atoms in total. The summed E-state index contributed by atoms with van der Waals surface area (Å²) in [6.45, 7) is 2.26. The number of ether oxygens (including phenoxy) is 1. The quantitative estimate of drug-likeness (QED) is 0.836. The van der Waals surface area contributed by atoms with Crippen molar-refractivity contribution < 1.29 is 4.74 Å². The predicted molar refractivity (Wildman–Crippen MR) is 71.3 cm³/mol. The van der Waals surface area contributed by atoms with Crippen LogP contribution in [0.4, 0.5) is 0 Å². The van der Waals surface area contributed by atoms with Crippen molar-refractivity contribution in [3.8, 4) is 5.88 Å². The number of aromatic nitrogens is 2. The summed E-state index contributed by atoms with van der Waals surface area (Å²) in [5, 5.41) is 0. The minimum atomic E-state index is -0.372. The van der Waals surface area contributed by atoms with E-state index in [1.54, 1.807) is 19.5 Å². The first-order chi connectivity index (χ1) is 8.69. The molecule has 0 aliphatic heterocycles. The predicted octanol–water partition coefficient (Wildman–Crippen LogP) is 2.63. The second-order valence-corrected chi connectivity index (χ2v) is 5.28. The number of nitrogens with two attached hydrogens (primary N) is 1. The summed E-state index contributed by atoms with van der Waals surface area (Å²) in [6.07, 6.45) is 10.2. The van der Waals surface area contributed by atoms with Crippen molar-refractivity contribution in [2.24, 2.45) is 11.7 Å². The minimum absolute atomic E-state index is 0.372. The zero-order valence-electron chi connectivity index (χ0n) is 11.4. The summed E-state index contributed by atoms with van der Waals surface area (Å²) in [5.41, 5.74) is 7.04. The first-order valence-electron chi connectivity index (χ1n) is 6.84. The zero-order valence-corrected chi connectivity index (χ0v) is 11.4. The van der Waals surface area contributed by atoms with E-state index in [9.17, 15) is 0 Å². The number of methoxy groups -OCH3 is 1. The Hall–Kier alpha value is -1.16. The van der Waals surface area contributed by atoms with Crippen LogP contribution >= 0.6 is 0 Å². The van der Waals surface area contributed by atoms with Crippen molar-refractivity contribution in [3.63, 3.8) is 0 Å². The zero-order chi connectivity index (χ0) is 13.0. The Balaban J connectivity index is 2.24. The average molecular weight is 249 g/mol. The maximum absolute atomic E-state index is 6.59. The summed E-state index contributed by atoms with van der Waals surface area (Å²) in [7, 11) is 1.63. The van der Waals surface area contributed by atoms with Gasteiger partial charge in [-0.15, -0.1) is 0 Å². The molecular weight excluding hydrogens is 226 g/mol. The molecule has 1 aromatic rings. The Labute approximate surface area is 109 Å². The molecule has 2 rings (SSSR count). The summed E-state index contributed by atoms with van der Waals surface area (Å²) < 4.78 is 5.30. The maximum Gasteiger partial charge on any atom is 0.237 e. The van der Waals surface area contributed by atoms with Crippen molar-refractivity contribution in [1.82, 2.24) is 9.97 Å². The maximum atomic E-state index is 6.59. The lowest BCUT2D eigenvalue weighted by Gasteiger charge is -2.28. The highest BCUT2D eigenvalue weighted by molar-refractivity contribution is 5.26. The molecule has 0 radical (unpaired) electrons. The van der Waals surface area contributed by atoms with Crippen LogP contribution in [0.15, 0.2) is 12.4 Å². The van der Waals surface area contributed by atoms with Crippen molar-refractivity contribution >= 4 is 0 Å². The van der Waals surface area contributed by atoms with Gasteiger partial charge in [-0.05, 0) is 25.2 Å². The van der Waals surface area contributed by atoms with Crippen LogP contribution in [0, 0.1) is 5.92 Å². The van der Waals surface area contributed by atoms with Gasteiger partial charge in [-0.2, -0.15) is 0 Å². The van der Waals surface area contributed by atoms with Crippen LogP contribution in [0.5, 0.6) is 5.88 Å². The molecule has 1 aliphatic rings. The normalized spacial score (nSPS) is 28.7. The van der Waals surface area contributed by atoms with Crippen molar-refractivity contribution in [1.29, 1.82) is 0 Å². The van der Waals surface area contributed by atoms with Gasteiger partial charge in [0.05, 0.1) is 12.6 Å². The van der Waals surface area contributed by atoms with Gasteiger partial charge >= 0.3 is 0 Å². The third-order valence-corrected chi connectivity index (χ3v) is 4.14. The molecule has 1 saturated carbocycles. The highest BCUT2D eigenvalue weighted by atomic mass is 16.5. The van der Waals surface area contributed by atoms with Gasteiger partial charge < -0.3 is 10.5 Å². The number of nitrogens with zero attached hydrogens (tertiary/aromatic N) is 2. The van der Waals surface area contributed by atoms with Crippen molar-refractivity contribution in [2.75, 3.05) is 7.11 Å². The van der Waals surface area contributed by atoms with Gasteiger partial charge in [0.2, 0.25) is 5.88 Å². The Bertz CT molecular complexity index is 396. The van der Waals surface area contributed by atoms with Crippen LogP contribution in [0.2, 0.25) is 0 Å². The van der Waals surface area contributed by atoms with E-state index in [1.807, 2.05) is 0 Å². The Morgan fingerprint density at radius 3 is 2.83 bits per heavy atom. The van der Waals surface area contributed by atoms with Gasteiger partial charge in [-0.3, -0.25) is 4.98 Å². The lowest BCUT2D eigenvalue weighted by Crippen LogP contribution is -2.37. The molecule has 18 heavy (non-hydrogen) atoms. The first-order valence-corrected chi connectivity index (χ1v) is 6.84. The molecular formula is C14H23N3O.